The molecule has 2 heterocycles. The Kier molecular flexibility index (Phi) is 8.27. The average Bonchev–Trinajstić information content (AvgIpc) is 3.35. The summed E-state index contributed by atoms with van der Waals surface area (Å²) in [6.07, 6.45) is 3.12. The van der Waals surface area contributed by atoms with Crippen LogP contribution >= 0.6 is 11.3 Å². The second-order valence-electron chi connectivity index (χ2n) is 9.16. The SMILES string of the molecule is COc1cccc(C=Nc2cnc(S(=O)(=O)Nc3nc(-c4ccc(F)c(F)c4)c(Cc4ccccc4)s3)c(C)c2)c1O. The summed E-state index contributed by atoms with van der Waals surface area (Å²) in [6, 6.07) is 19.4. The first kappa shape index (κ1) is 28.8. The number of hydrogen-bond acceptors (Lipinski definition) is 8. The van der Waals surface area contributed by atoms with E-state index in [4.69, 9.17) is 4.74 Å². The molecule has 0 radical (unpaired) electrons. The first-order chi connectivity index (χ1) is 20.1. The zero-order valence-electron chi connectivity index (χ0n) is 22.4. The summed E-state index contributed by atoms with van der Waals surface area (Å²) >= 11 is 1.10. The van der Waals surface area contributed by atoms with Gasteiger partial charge in [0.1, 0.15) is 0 Å². The monoisotopic (exact) mass is 606 g/mol. The van der Waals surface area contributed by atoms with Crippen LogP contribution < -0.4 is 9.46 Å². The molecule has 0 saturated heterocycles. The number of phenols is 1. The maximum atomic E-state index is 14.1. The van der Waals surface area contributed by atoms with Gasteiger partial charge in [-0.05, 0) is 54.4 Å². The van der Waals surface area contributed by atoms with Crippen molar-refractivity contribution in [1.29, 1.82) is 0 Å². The Morgan fingerprint density at radius 1 is 1.05 bits per heavy atom. The molecule has 0 unspecified atom stereocenters. The average molecular weight is 607 g/mol. The van der Waals surface area contributed by atoms with Crippen LogP contribution in [0.2, 0.25) is 0 Å². The summed E-state index contributed by atoms with van der Waals surface area (Å²) in [4.78, 5) is 13.5. The van der Waals surface area contributed by atoms with E-state index in [1.165, 1.54) is 25.6 Å². The van der Waals surface area contributed by atoms with Crippen LogP contribution in [0.5, 0.6) is 11.5 Å². The summed E-state index contributed by atoms with van der Waals surface area (Å²) in [7, 11) is -2.73. The zero-order valence-corrected chi connectivity index (χ0v) is 24.0. The Morgan fingerprint density at radius 2 is 1.83 bits per heavy atom. The minimum absolute atomic E-state index is 0.0532. The number of nitrogens with one attached hydrogen (secondary N) is 1. The van der Waals surface area contributed by atoms with Gasteiger partial charge in [0.15, 0.2) is 33.3 Å². The molecule has 0 bridgehead atoms. The Bertz CT molecular complexity index is 1900. The van der Waals surface area contributed by atoms with Crippen LogP contribution in [-0.4, -0.2) is 36.8 Å². The van der Waals surface area contributed by atoms with E-state index in [0.717, 1.165) is 29.0 Å². The first-order valence-electron chi connectivity index (χ1n) is 12.5. The Morgan fingerprint density at radius 3 is 2.55 bits per heavy atom. The first-order valence-corrected chi connectivity index (χ1v) is 14.8. The quantitative estimate of drug-likeness (QED) is 0.182. The highest BCUT2D eigenvalue weighted by Gasteiger charge is 2.23. The highest BCUT2D eigenvalue weighted by molar-refractivity contribution is 7.92. The van der Waals surface area contributed by atoms with Gasteiger partial charge in [-0.15, -0.1) is 11.3 Å². The number of para-hydroxylation sites is 1. The minimum Gasteiger partial charge on any atom is -0.504 e. The number of benzene rings is 3. The van der Waals surface area contributed by atoms with Crippen molar-refractivity contribution in [2.45, 2.75) is 18.4 Å². The number of aromatic hydroxyl groups is 1. The molecule has 0 aliphatic carbocycles. The number of hydrogen-bond donors (Lipinski definition) is 2. The van der Waals surface area contributed by atoms with Gasteiger partial charge in [-0.2, -0.15) is 8.42 Å². The lowest BCUT2D eigenvalue weighted by atomic mass is 10.1. The summed E-state index contributed by atoms with van der Waals surface area (Å²) in [5, 5.41) is 10.1. The molecule has 8 nitrogen and oxygen atoms in total. The molecule has 3 aromatic carbocycles. The van der Waals surface area contributed by atoms with Crippen LogP contribution in [0.4, 0.5) is 19.6 Å². The highest BCUT2D eigenvalue weighted by Crippen LogP contribution is 2.35. The van der Waals surface area contributed by atoms with Crippen molar-refractivity contribution in [1.82, 2.24) is 9.97 Å². The Labute approximate surface area is 245 Å². The fraction of sp³-hybridized carbons (Fsp3) is 0.100. The molecule has 0 aliphatic heterocycles. The van der Waals surface area contributed by atoms with E-state index in [1.54, 1.807) is 31.2 Å². The Hall–Kier alpha value is -4.68. The zero-order chi connectivity index (χ0) is 29.9. The molecule has 2 N–H and O–H groups in total. The van der Waals surface area contributed by atoms with Crippen molar-refractivity contribution in [3.8, 4) is 22.8 Å². The molecule has 214 valence electrons. The number of halogens is 2. The molecule has 2 aromatic heterocycles. The molecule has 0 aliphatic rings. The standard InChI is InChI=1S/C30H24F2N4O4S2/c1-18-13-22(33-16-21-9-6-10-25(40-2)28(21)37)17-34-29(18)42(38,39)36-30-35-27(20-11-12-23(31)24(32)15-20)26(41-30)14-19-7-4-3-5-8-19/h3-13,15-17,37H,14H2,1-2H3,(H,35,36). The number of phenolic OH excluding ortho intramolecular Hbond substituents is 1. The van der Waals surface area contributed by atoms with Gasteiger partial charge in [-0.3, -0.25) is 9.71 Å². The molecule has 12 heteroatoms. The molecule has 5 rings (SSSR count). The Balaban J connectivity index is 1.43. The van der Waals surface area contributed by atoms with Gasteiger partial charge in [0.05, 0.1) is 24.7 Å². The van der Waals surface area contributed by atoms with E-state index in [-0.39, 0.29) is 15.9 Å². The van der Waals surface area contributed by atoms with E-state index in [0.29, 0.717) is 45.1 Å². The number of sulfonamides is 1. The molecule has 0 fully saturated rings. The second-order valence-corrected chi connectivity index (χ2v) is 11.8. The van der Waals surface area contributed by atoms with Crippen molar-refractivity contribution in [3.05, 3.63) is 112 Å². The summed E-state index contributed by atoms with van der Waals surface area (Å²) < 4.78 is 61.9. The van der Waals surface area contributed by atoms with Gasteiger partial charge in [-0.25, -0.2) is 18.7 Å². The summed E-state index contributed by atoms with van der Waals surface area (Å²) in [5.41, 5.74) is 2.71. The van der Waals surface area contributed by atoms with Crippen LogP contribution in [-0.2, 0) is 16.4 Å². The van der Waals surface area contributed by atoms with Crippen LogP contribution in [0.3, 0.4) is 0 Å². The number of pyridine rings is 1. The third-order valence-corrected chi connectivity index (χ3v) is 8.69. The van der Waals surface area contributed by atoms with Crippen molar-refractivity contribution < 1.29 is 27.0 Å². The van der Waals surface area contributed by atoms with E-state index < -0.39 is 21.7 Å². The molecule has 42 heavy (non-hydrogen) atoms. The van der Waals surface area contributed by atoms with Crippen molar-refractivity contribution >= 4 is 38.4 Å². The van der Waals surface area contributed by atoms with Crippen molar-refractivity contribution in [3.63, 3.8) is 0 Å². The minimum atomic E-state index is -4.17. The fourth-order valence-electron chi connectivity index (χ4n) is 4.18. The number of anilines is 1. The molecule has 0 atom stereocenters. The van der Waals surface area contributed by atoms with E-state index in [1.807, 2.05) is 30.3 Å². The topological polar surface area (TPSA) is 114 Å². The maximum absolute atomic E-state index is 14.1. The lowest BCUT2D eigenvalue weighted by Crippen LogP contribution is -2.15. The number of aryl methyl sites for hydroxylation is 1. The fourth-order valence-corrected chi connectivity index (χ4v) is 6.59. The van der Waals surface area contributed by atoms with Gasteiger partial charge in [0.2, 0.25) is 0 Å². The summed E-state index contributed by atoms with van der Waals surface area (Å²) in [6.45, 7) is 1.58. The van der Waals surface area contributed by atoms with E-state index in [9.17, 15) is 22.3 Å². The number of nitrogens with zero attached hydrogens (tertiary/aromatic N) is 3. The molecule has 5 aromatic rings. The van der Waals surface area contributed by atoms with Gasteiger partial charge in [0, 0.05) is 28.6 Å². The number of thiazole rings is 1. The predicted molar refractivity (Wildman–Crippen MR) is 158 cm³/mol. The van der Waals surface area contributed by atoms with Gasteiger partial charge >= 0.3 is 0 Å². The molecule has 0 spiro atoms. The number of methoxy groups -OCH3 is 1. The number of aromatic nitrogens is 2. The second kappa shape index (κ2) is 12.0. The molecular formula is C30H24F2N4O4S2. The van der Waals surface area contributed by atoms with Crippen molar-refractivity contribution in [2.75, 3.05) is 11.8 Å². The largest absolute Gasteiger partial charge is 0.504 e. The third kappa shape index (κ3) is 6.29. The van der Waals surface area contributed by atoms with Crippen LogP contribution in [0.15, 0.2) is 89.0 Å². The predicted octanol–water partition coefficient (Wildman–Crippen LogP) is 6.65. The number of ether oxygens (including phenoxy) is 1. The van der Waals surface area contributed by atoms with Crippen molar-refractivity contribution in [2.24, 2.45) is 4.99 Å². The van der Waals surface area contributed by atoms with Crippen LogP contribution in [0.25, 0.3) is 11.3 Å². The molecule has 0 saturated carbocycles. The third-order valence-electron chi connectivity index (χ3n) is 6.19. The summed E-state index contributed by atoms with van der Waals surface area (Å²) in [5.74, 6) is -1.80. The molecular weight excluding hydrogens is 582 g/mol. The lowest BCUT2D eigenvalue weighted by molar-refractivity contribution is 0.373. The van der Waals surface area contributed by atoms with Crippen LogP contribution in [0, 0.1) is 18.6 Å². The van der Waals surface area contributed by atoms with Gasteiger partial charge in [0.25, 0.3) is 10.0 Å². The lowest BCUT2D eigenvalue weighted by Gasteiger charge is -2.08. The number of rotatable bonds is 9. The molecule has 0 amide bonds. The smallest absolute Gasteiger partial charge is 0.281 e. The van der Waals surface area contributed by atoms with Crippen LogP contribution in [0.1, 0.15) is 21.6 Å². The normalized spacial score (nSPS) is 11.6. The maximum Gasteiger partial charge on any atom is 0.281 e. The van der Waals surface area contributed by atoms with Gasteiger partial charge < -0.3 is 9.84 Å². The van der Waals surface area contributed by atoms with E-state index in [2.05, 4.69) is 19.7 Å². The van der Waals surface area contributed by atoms with Gasteiger partial charge in [-0.1, -0.05) is 36.4 Å². The van der Waals surface area contributed by atoms with E-state index >= 15 is 0 Å². The highest BCUT2D eigenvalue weighted by atomic mass is 32.2. The number of aliphatic imine (C=N–C) groups is 1.